The second-order valence-electron chi connectivity index (χ2n) is 9.01. The molecular formula is C25H27ClFN3O7. The van der Waals surface area contributed by atoms with Crippen molar-refractivity contribution in [2.24, 2.45) is 5.73 Å². The Morgan fingerprint density at radius 2 is 1.86 bits per heavy atom. The van der Waals surface area contributed by atoms with Crippen molar-refractivity contribution in [3.8, 4) is 5.75 Å². The van der Waals surface area contributed by atoms with Gasteiger partial charge in [0, 0.05) is 16.7 Å². The lowest BCUT2D eigenvalue weighted by Gasteiger charge is -2.44. The lowest BCUT2D eigenvalue weighted by molar-refractivity contribution is -0.164. The van der Waals surface area contributed by atoms with E-state index in [1.807, 2.05) is 0 Å². The predicted octanol–water partition coefficient (Wildman–Crippen LogP) is 1.67. The molecule has 5 N–H and O–H groups in total. The van der Waals surface area contributed by atoms with Crippen molar-refractivity contribution < 1.29 is 38.1 Å². The quantitative estimate of drug-likeness (QED) is 0.294. The maximum absolute atomic E-state index is 13.6. The summed E-state index contributed by atoms with van der Waals surface area (Å²) in [7, 11) is 0. The van der Waals surface area contributed by atoms with Crippen LogP contribution in [0, 0.1) is 5.82 Å². The highest BCUT2D eigenvalue weighted by atomic mass is 35.5. The van der Waals surface area contributed by atoms with Crippen molar-refractivity contribution in [2.75, 3.05) is 13.2 Å². The van der Waals surface area contributed by atoms with E-state index in [2.05, 4.69) is 10.6 Å². The van der Waals surface area contributed by atoms with Crippen LogP contribution in [0.4, 0.5) is 4.39 Å². The maximum atomic E-state index is 13.6. The number of fused-ring (bicyclic) bond motifs is 1. The number of nitrogens with two attached hydrogens (primary N) is 1. The first-order valence-corrected chi connectivity index (χ1v) is 11.6. The number of amides is 2. The van der Waals surface area contributed by atoms with E-state index in [4.69, 9.17) is 31.9 Å². The molecule has 1 aliphatic rings. The van der Waals surface area contributed by atoms with Gasteiger partial charge < -0.3 is 30.9 Å². The van der Waals surface area contributed by atoms with Crippen molar-refractivity contribution in [3.63, 3.8) is 0 Å². The van der Waals surface area contributed by atoms with Gasteiger partial charge in [-0.1, -0.05) is 11.6 Å². The number of benzene rings is 2. The van der Waals surface area contributed by atoms with Gasteiger partial charge >= 0.3 is 5.97 Å². The number of esters is 1. The molecule has 198 valence electrons. The maximum Gasteiger partial charge on any atom is 0.325 e. The number of aliphatic hydroxyl groups excluding tert-OH is 1. The first-order chi connectivity index (χ1) is 17.3. The Morgan fingerprint density at radius 1 is 1.19 bits per heavy atom. The molecule has 10 nitrogen and oxygen atoms in total. The van der Waals surface area contributed by atoms with Crippen molar-refractivity contribution in [1.29, 1.82) is 0 Å². The Kier molecular flexibility index (Phi) is 8.52. The molecule has 0 aromatic heterocycles. The summed E-state index contributed by atoms with van der Waals surface area (Å²) < 4.78 is 25.3. The highest BCUT2D eigenvalue weighted by Gasteiger charge is 2.47. The molecule has 0 saturated carbocycles. The van der Waals surface area contributed by atoms with Crippen LogP contribution in [0.1, 0.15) is 53.1 Å². The molecule has 0 bridgehead atoms. The summed E-state index contributed by atoms with van der Waals surface area (Å²) >= 11 is 5.83. The third kappa shape index (κ3) is 6.43. The van der Waals surface area contributed by atoms with E-state index >= 15 is 0 Å². The standard InChI is InChI=1S/C25H27ClFN3O7/c1-12(32)13-5-7-19-15(8-13)21(30-23(34)14-4-6-17(27)16(26)9-14)22(25(2,3)37-19)36-20(33)10-29-24(35)18(28)11-31/h4-9,18,21-22,31H,10-11,28H2,1-3H3,(H,29,35)(H,30,34)/t18-,21+,22-/m0/s1. The van der Waals surface area contributed by atoms with Gasteiger partial charge in [-0.05, 0) is 57.2 Å². The number of carbonyl (C=O) groups excluding carboxylic acids is 4. The fourth-order valence-electron chi connectivity index (χ4n) is 3.79. The highest BCUT2D eigenvalue weighted by Crippen LogP contribution is 2.42. The number of Topliss-reactive ketones (excluding diaryl/α,β-unsaturated/α-hetero) is 1. The van der Waals surface area contributed by atoms with Crippen LogP contribution >= 0.6 is 11.6 Å². The molecule has 0 saturated heterocycles. The van der Waals surface area contributed by atoms with Crippen LogP contribution in [-0.2, 0) is 14.3 Å². The number of rotatable bonds is 8. The second kappa shape index (κ2) is 11.2. The summed E-state index contributed by atoms with van der Waals surface area (Å²) in [6, 6.07) is 5.91. The first kappa shape index (κ1) is 28.0. The predicted molar refractivity (Wildman–Crippen MR) is 131 cm³/mol. The molecule has 2 aromatic carbocycles. The number of nitrogens with one attached hydrogen (secondary N) is 2. The third-order valence-electron chi connectivity index (χ3n) is 5.78. The second-order valence-corrected chi connectivity index (χ2v) is 9.42. The van der Waals surface area contributed by atoms with Crippen LogP contribution in [-0.4, -0.2) is 59.6 Å². The minimum Gasteiger partial charge on any atom is -0.484 e. The molecule has 12 heteroatoms. The Bertz CT molecular complexity index is 1240. The van der Waals surface area contributed by atoms with E-state index in [9.17, 15) is 23.6 Å². The van der Waals surface area contributed by atoms with Gasteiger partial charge in [0.2, 0.25) is 5.91 Å². The van der Waals surface area contributed by atoms with Crippen LogP contribution in [0.3, 0.4) is 0 Å². The topological polar surface area (TPSA) is 157 Å². The lowest BCUT2D eigenvalue weighted by Crippen LogP contribution is -2.56. The smallest absolute Gasteiger partial charge is 0.325 e. The minimum absolute atomic E-state index is 0.0512. The molecule has 3 atom stereocenters. The van der Waals surface area contributed by atoms with E-state index in [0.29, 0.717) is 16.9 Å². The van der Waals surface area contributed by atoms with Crippen LogP contribution in [0.15, 0.2) is 36.4 Å². The Labute approximate surface area is 217 Å². The summed E-state index contributed by atoms with van der Waals surface area (Å²) in [4.78, 5) is 49.7. The zero-order chi connectivity index (χ0) is 27.5. The summed E-state index contributed by atoms with van der Waals surface area (Å²) in [5.41, 5.74) is 5.01. The number of ketones is 1. The van der Waals surface area contributed by atoms with Gasteiger partial charge in [0.05, 0.1) is 17.7 Å². The summed E-state index contributed by atoms with van der Waals surface area (Å²) in [6.45, 7) is 3.48. The Hall–Kier alpha value is -3.54. The molecule has 37 heavy (non-hydrogen) atoms. The van der Waals surface area contributed by atoms with Crippen LogP contribution in [0.25, 0.3) is 0 Å². The number of ether oxygens (including phenoxy) is 2. The summed E-state index contributed by atoms with van der Waals surface area (Å²) in [6.07, 6.45) is -1.13. The molecule has 0 aliphatic carbocycles. The van der Waals surface area contributed by atoms with E-state index in [0.717, 1.165) is 12.1 Å². The number of hydrogen-bond acceptors (Lipinski definition) is 8. The molecule has 0 unspecified atom stereocenters. The normalized spacial score (nSPS) is 18.6. The SMILES string of the molecule is CC(=O)c1ccc2c(c1)[C@@H](NC(=O)c1ccc(F)c(Cl)c1)[C@H](OC(=O)CNC(=O)[C@@H](N)CO)C(C)(C)O2. The average molecular weight is 536 g/mol. The van der Waals surface area contributed by atoms with E-state index in [1.54, 1.807) is 26.0 Å². The van der Waals surface area contributed by atoms with Gasteiger partial charge in [-0.15, -0.1) is 0 Å². The van der Waals surface area contributed by atoms with Gasteiger partial charge in [-0.3, -0.25) is 19.2 Å². The number of hydrogen-bond donors (Lipinski definition) is 4. The monoisotopic (exact) mass is 535 g/mol. The van der Waals surface area contributed by atoms with E-state index in [-0.39, 0.29) is 16.4 Å². The van der Waals surface area contributed by atoms with Crippen LogP contribution in [0.5, 0.6) is 5.75 Å². The summed E-state index contributed by atoms with van der Waals surface area (Å²) in [5, 5.41) is 13.8. The minimum atomic E-state index is -1.21. The molecule has 0 radical (unpaired) electrons. The number of carbonyl (C=O) groups is 4. The molecule has 1 heterocycles. The fraction of sp³-hybridized carbons (Fsp3) is 0.360. The van der Waals surface area contributed by atoms with Gasteiger partial charge in [-0.2, -0.15) is 0 Å². The van der Waals surface area contributed by atoms with Crippen LogP contribution < -0.4 is 21.1 Å². The number of aliphatic hydroxyl groups is 1. The van der Waals surface area contributed by atoms with Crippen molar-refractivity contribution >= 4 is 35.2 Å². The van der Waals surface area contributed by atoms with Crippen molar-refractivity contribution in [2.45, 2.75) is 44.6 Å². The van der Waals surface area contributed by atoms with Crippen LogP contribution in [0.2, 0.25) is 5.02 Å². The Balaban J connectivity index is 1.96. The summed E-state index contributed by atoms with van der Waals surface area (Å²) in [5.74, 6) is -2.85. The molecule has 1 aliphatic heterocycles. The third-order valence-corrected chi connectivity index (χ3v) is 6.07. The zero-order valence-corrected chi connectivity index (χ0v) is 21.1. The van der Waals surface area contributed by atoms with E-state index < -0.39 is 60.5 Å². The number of halogens is 2. The zero-order valence-electron chi connectivity index (χ0n) is 20.3. The molecule has 2 amide bonds. The largest absolute Gasteiger partial charge is 0.484 e. The van der Waals surface area contributed by atoms with Gasteiger partial charge in [-0.25, -0.2) is 4.39 Å². The van der Waals surface area contributed by atoms with E-state index in [1.165, 1.54) is 19.1 Å². The average Bonchev–Trinajstić information content (AvgIpc) is 2.84. The first-order valence-electron chi connectivity index (χ1n) is 11.3. The highest BCUT2D eigenvalue weighted by molar-refractivity contribution is 6.31. The van der Waals surface area contributed by atoms with Gasteiger partial charge in [0.1, 0.15) is 29.8 Å². The molecule has 2 aromatic rings. The fourth-order valence-corrected chi connectivity index (χ4v) is 3.97. The molecular weight excluding hydrogens is 509 g/mol. The Morgan fingerprint density at radius 3 is 2.49 bits per heavy atom. The van der Waals surface area contributed by atoms with Gasteiger partial charge in [0.25, 0.3) is 5.91 Å². The molecule has 0 fully saturated rings. The van der Waals surface area contributed by atoms with Gasteiger partial charge in [0.15, 0.2) is 11.9 Å². The molecule has 3 rings (SSSR count). The van der Waals surface area contributed by atoms with Crippen molar-refractivity contribution in [1.82, 2.24) is 10.6 Å². The van der Waals surface area contributed by atoms with Crippen molar-refractivity contribution in [3.05, 3.63) is 63.9 Å². The molecule has 0 spiro atoms. The lowest BCUT2D eigenvalue weighted by atomic mass is 9.85.